The molecule has 3 aromatic carbocycles. The van der Waals surface area contributed by atoms with E-state index in [1.807, 2.05) is 42.5 Å². The van der Waals surface area contributed by atoms with Gasteiger partial charge in [0, 0.05) is 17.6 Å². The molecule has 32 heavy (non-hydrogen) atoms. The SMILES string of the molecule is COc1ccc(/C=C/C23N(Cc4ccccc4)C(=O)CN2c2ccccc2C3(C)C)cc1. The Kier molecular flexibility index (Phi) is 4.81. The minimum atomic E-state index is -0.594. The van der Waals surface area contributed by atoms with Crippen LogP contribution >= 0.6 is 0 Å². The van der Waals surface area contributed by atoms with E-state index in [9.17, 15) is 4.79 Å². The van der Waals surface area contributed by atoms with Crippen molar-refractivity contribution < 1.29 is 9.53 Å². The quantitative estimate of drug-likeness (QED) is 0.561. The standard InChI is InChI=1S/C28H28N2O2/c1-27(2)24-11-7-8-12-25(24)29-20-26(31)30(19-22-9-5-4-6-10-22)28(27,29)18-17-21-13-15-23(32-3)16-14-21/h4-18H,19-20H2,1-3H3/b18-17+. The molecule has 1 fully saturated rings. The van der Waals surface area contributed by atoms with Crippen molar-refractivity contribution in [1.29, 1.82) is 0 Å². The molecule has 4 heteroatoms. The Morgan fingerprint density at radius 2 is 1.62 bits per heavy atom. The van der Waals surface area contributed by atoms with E-state index >= 15 is 0 Å². The smallest absolute Gasteiger partial charge is 0.244 e. The minimum absolute atomic E-state index is 0.149. The van der Waals surface area contributed by atoms with Crippen molar-refractivity contribution >= 4 is 17.7 Å². The third kappa shape index (κ3) is 2.94. The molecule has 2 aliphatic rings. The van der Waals surface area contributed by atoms with Gasteiger partial charge in [-0.05, 0) is 41.0 Å². The number of nitrogens with zero attached hydrogens (tertiary/aromatic N) is 2. The predicted octanol–water partition coefficient (Wildman–Crippen LogP) is 5.24. The first-order valence-corrected chi connectivity index (χ1v) is 11.0. The molecule has 1 atom stereocenters. The molecule has 0 bridgehead atoms. The summed E-state index contributed by atoms with van der Waals surface area (Å²) in [4.78, 5) is 17.8. The molecule has 1 saturated heterocycles. The average Bonchev–Trinajstić information content (AvgIpc) is 3.20. The molecule has 4 nitrogen and oxygen atoms in total. The maximum absolute atomic E-state index is 13.4. The molecule has 0 N–H and O–H groups in total. The first-order chi connectivity index (χ1) is 15.5. The second-order valence-corrected chi connectivity index (χ2v) is 9.03. The highest BCUT2D eigenvalue weighted by atomic mass is 16.5. The zero-order valence-electron chi connectivity index (χ0n) is 18.8. The Bertz CT molecular complexity index is 1170. The fraction of sp³-hybridized carbons (Fsp3) is 0.250. The molecule has 0 aromatic heterocycles. The van der Waals surface area contributed by atoms with Crippen LogP contribution in [0.5, 0.6) is 5.75 Å². The maximum Gasteiger partial charge on any atom is 0.244 e. The Morgan fingerprint density at radius 1 is 0.938 bits per heavy atom. The van der Waals surface area contributed by atoms with Gasteiger partial charge < -0.3 is 14.5 Å². The summed E-state index contributed by atoms with van der Waals surface area (Å²) in [6.45, 7) is 5.45. The van der Waals surface area contributed by atoms with E-state index < -0.39 is 5.66 Å². The van der Waals surface area contributed by atoms with Crippen LogP contribution in [0.4, 0.5) is 5.69 Å². The van der Waals surface area contributed by atoms with Crippen molar-refractivity contribution in [3.8, 4) is 5.75 Å². The Morgan fingerprint density at radius 3 is 2.34 bits per heavy atom. The van der Waals surface area contributed by atoms with Crippen molar-refractivity contribution in [3.63, 3.8) is 0 Å². The molecule has 1 amide bonds. The van der Waals surface area contributed by atoms with Crippen LogP contribution in [0.25, 0.3) is 6.08 Å². The maximum atomic E-state index is 13.4. The lowest BCUT2D eigenvalue weighted by molar-refractivity contribution is -0.131. The van der Waals surface area contributed by atoms with Crippen LogP contribution in [0.1, 0.15) is 30.5 Å². The van der Waals surface area contributed by atoms with Crippen LogP contribution in [0.15, 0.2) is 84.9 Å². The molecule has 0 saturated carbocycles. The summed E-state index contributed by atoms with van der Waals surface area (Å²) in [7, 11) is 1.67. The first kappa shape index (κ1) is 20.4. The zero-order chi connectivity index (χ0) is 22.3. The summed E-state index contributed by atoms with van der Waals surface area (Å²) >= 11 is 0. The van der Waals surface area contributed by atoms with E-state index in [0.717, 1.165) is 22.6 Å². The normalized spacial score (nSPS) is 21.2. The number of anilines is 1. The highest BCUT2D eigenvalue weighted by molar-refractivity contribution is 5.91. The number of carbonyl (C=O) groups excluding carboxylic acids is 1. The lowest BCUT2D eigenvalue weighted by Crippen LogP contribution is -2.60. The summed E-state index contributed by atoms with van der Waals surface area (Å²) in [5.41, 5.74) is 3.72. The highest BCUT2D eigenvalue weighted by Gasteiger charge is 2.63. The van der Waals surface area contributed by atoms with E-state index in [1.54, 1.807) is 7.11 Å². The van der Waals surface area contributed by atoms with Gasteiger partial charge in [0.2, 0.25) is 5.91 Å². The van der Waals surface area contributed by atoms with Crippen LogP contribution in [-0.2, 0) is 16.8 Å². The number of carbonyl (C=O) groups is 1. The van der Waals surface area contributed by atoms with Crippen molar-refractivity contribution in [1.82, 2.24) is 4.90 Å². The van der Waals surface area contributed by atoms with E-state index in [2.05, 4.69) is 72.2 Å². The molecular weight excluding hydrogens is 396 g/mol. The van der Waals surface area contributed by atoms with Gasteiger partial charge in [-0.15, -0.1) is 0 Å². The summed E-state index contributed by atoms with van der Waals surface area (Å²) in [5, 5.41) is 0. The third-order valence-corrected chi connectivity index (χ3v) is 7.01. The monoisotopic (exact) mass is 424 g/mol. The van der Waals surface area contributed by atoms with E-state index in [-0.39, 0.29) is 11.3 Å². The highest BCUT2D eigenvalue weighted by Crippen LogP contribution is 2.56. The van der Waals surface area contributed by atoms with Crippen molar-refractivity contribution in [2.75, 3.05) is 18.6 Å². The van der Waals surface area contributed by atoms with E-state index in [1.165, 1.54) is 5.56 Å². The van der Waals surface area contributed by atoms with Crippen LogP contribution in [0, 0.1) is 0 Å². The summed E-state index contributed by atoms with van der Waals surface area (Å²) < 4.78 is 5.30. The zero-order valence-corrected chi connectivity index (χ0v) is 18.8. The molecule has 3 aromatic rings. The second kappa shape index (κ2) is 7.56. The van der Waals surface area contributed by atoms with Gasteiger partial charge in [-0.25, -0.2) is 0 Å². The Balaban J connectivity index is 1.64. The number of para-hydroxylation sites is 1. The molecule has 0 spiro atoms. The first-order valence-electron chi connectivity index (χ1n) is 11.0. The molecule has 0 radical (unpaired) electrons. The number of amides is 1. The van der Waals surface area contributed by atoms with Gasteiger partial charge in [0.15, 0.2) is 0 Å². The summed E-state index contributed by atoms with van der Waals surface area (Å²) in [5.74, 6) is 0.980. The summed E-state index contributed by atoms with van der Waals surface area (Å²) in [6, 6.07) is 26.7. The number of fused-ring (bicyclic) bond motifs is 3. The van der Waals surface area contributed by atoms with Gasteiger partial charge in [0.1, 0.15) is 11.4 Å². The van der Waals surface area contributed by atoms with Crippen LogP contribution in [0.2, 0.25) is 0 Å². The van der Waals surface area contributed by atoms with Gasteiger partial charge in [0.05, 0.1) is 13.7 Å². The number of methoxy groups -OCH3 is 1. The number of ether oxygens (including phenoxy) is 1. The fourth-order valence-electron chi connectivity index (χ4n) is 5.35. The van der Waals surface area contributed by atoms with Crippen LogP contribution < -0.4 is 9.64 Å². The predicted molar refractivity (Wildman–Crippen MR) is 129 cm³/mol. The largest absolute Gasteiger partial charge is 0.497 e. The van der Waals surface area contributed by atoms with E-state index in [0.29, 0.717) is 13.1 Å². The van der Waals surface area contributed by atoms with Gasteiger partial charge in [0.25, 0.3) is 0 Å². The van der Waals surface area contributed by atoms with Gasteiger partial charge in [-0.3, -0.25) is 4.79 Å². The average molecular weight is 425 g/mol. The number of benzene rings is 3. The molecule has 0 aliphatic carbocycles. The van der Waals surface area contributed by atoms with Gasteiger partial charge in [-0.2, -0.15) is 0 Å². The molecule has 2 aliphatic heterocycles. The molecular formula is C28H28N2O2. The number of hydrogen-bond acceptors (Lipinski definition) is 3. The molecule has 2 heterocycles. The van der Waals surface area contributed by atoms with E-state index in [4.69, 9.17) is 4.74 Å². The van der Waals surface area contributed by atoms with Crippen molar-refractivity contribution in [2.45, 2.75) is 31.5 Å². The van der Waals surface area contributed by atoms with Crippen molar-refractivity contribution in [3.05, 3.63) is 102 Å². The Hall–Kier alpha value is -3.53. The lowest BCUT2D eigenvalue weighted by atomic mass is 9.74. The van der Waals surface area contributed by atoms with Crippen LogP contribution in [0.3, 0.4) is 0 Å². The molecule has 1 unspecified atom stereocenters. The second-order valence-electron chi connectivity index (χ2n) is 9.03. The topological polar surface area (TPSA) is 32.8 Å². The molecule has 162 valence electrons. The number of hydrogen-bond donors (Lipinski definition) is 0. The fourth-order valence-corrected chi connectivity index (χ4v) is 5.35. The van der Waals surface area contributed by atoms with Crippen LogP contribution in [-0.4, -0.2) is 30.1 Å². The summed E-state index contributed by atoms with van der Waals surface area (Å²) in [6.07, 6.45) is 4.36. The van der Waals surface area contributed by atoms with Gasteiger partial charge in [-0.1, -0.05) is 80.6 Å². The minimum Gasteiger partial charge on any atom is -0.497 e. The van der Waals surface area contributed by atoms with Gasteiger partial charge >= 0.3 is 0 Å². The lowest BCUT2D eigenvalue weighted by Gasteiger charge is -2.46. The van der Waals surface area contributed by atoms with Crippen molar-refractivity contribution in [2.24, 2.45) is 0 Å². The third-order valence-electron chi connectivity index (χ3n) is 7.01. The number of rotatable bonds is 5. The Labute approximate surface area is 189 Å². The molecule has 5 rings (SSSR count).